The molecule has 7 heteroatoms. The van der Waals surface area contributed by atoms with Gasteiger partial charge in [-0.15, -0.1) is 0 Å². The molecule has 0 radical (unpaired) electrons. The lowest BCUT2D eigenvalue weighted by Gasteiger charge is -2.27. The van der Waals surface area contributed by atoms with Crippen molar-refractivity contribution in [2.24, 2.45) is 0 Å². The van der Waals surface area contributed by atoms with Gasteiger partial charge in [0.1, 0.15) is 6.42 Å². The lowest BCUT2D eigenvalue weighted by Crippen LogP contribution is -2.50. The van der Waals surface area contributed by atoms with E-state index in [2.05, 4.69) is 10.6 Å². The molecule has 0 spiro atoms. The third kappa shape index (κ3) is 3.57. The van der Waals surface area contributed by atoms with Crippen LogP contribution in [0.3, 0.4) is 0 Å². The van der Waals surface area contributed by atoms with Gasteiger partial charge in [0.05, 0.1) is 23.9 Å². The molecule has 0 unspecified atom stereocenters. The number of nitrogens with zero attached hydrogens (tertiary/aromatic N) is 2. The van der Waals surface area contributed by atoms with Crippen LogP contribution in [0.1, 0.15) is 16.8 Å². The number of carbonyl (C=O) groups is 3. The Kier molecular flexibility index (Phi) is 4.51. The summed E-state index contributed by atoms with van der Waals surface area (Å²) in [5.41, 5.74) is 0.646. The van der Waals surface area contributed by atoms with Crippen LogP contribution in [-0.2, 0) is 9.59 Å². The second-order valence-electron chi connectivity index (χ2n) is 4.51. The molecule has 0 saturated carbocycles. The number of hydrogen-bond donors (Lipinski definition) is 2. The van der Waals surface area contributed by atoms with Gasteiger partial charge < -0.3 is 15.5 Å². The summed E-state index contributed by atoms with van der Waals surface area (Å²) in [7, 11) is 0. The van der Waals surface area contributed by atoms with Gasteiger partial charge >= 0.3 is 0 Å². The number of rotatable bonds is 3. The average molecular weight is 286 g/mol. The van der Waals surface area contributed by atoms with Crippen molar-refractivity contribution in [3.8, 4) is 6.07 Å². The molecule has 0 atom stereocenters. The zero-order chi connectivity index (χ0) is 15.2. The molecule has 1 saturated heterocycles. The van der Waals surface area contributed by atoms with Gasteiger partial charge in [0.15, 0.2) is 0 Å². The Morgan fingerprint density at radius 1 is 1.38 bits per heavy atom. The van der Waals surface area contributed by atoms with E-state index in [-0.39, 0.29) is 24.8 Å². The van der Waals surface area contributed by atoms with E-state index >= 15 is 0 Å². The van der Waals surface area contributed by atoms with Gasteiger partial charge in [-0.3, -0.25) is 14.4 Å². The van der Waals surface area contributed by atoms with Crippen LogP contribution in [0.2, 0.25) is 0 Å². The molecule has 1 fully saturated rings. The first-order chi connectivity index (χ1) is 10.1. The monoisotopic (exact) mass is 286 g/mol. The molecule has 21 heavy (non-hydrogen) atoms. The fourth-order valence-corrected chi connectivity index (χ4v) is 2.03. The van der Waals surface area contributed by atoms with E-state index in [0.717, 1.165) is 0 Å². The lowest BCUT2D eigenvalue weighted by atomic mass is 10.1. The van der Waals surface area contributed by atoms with Crippen molar-refractivity contribution >= 4 is 23.4 Å². The van der Waals surface area contributed by atoms with Crippen LogP contribution in [0.4, 0.5) is 5.69 Å². The fourth-order valence-electron chi connectivity index (χ4n) is 2.03. The van der Waals surface area contributed by atoms with Gasteiger partial charge in [-0.05, 0) is 12.1 Å². The highest BCUT2D eigenvalue weighted by molar-refractivity contribution is 6.05. The van der Waals surface area contributed by atoms with Gasteiger partial charge in [-0.25, -0.2) is 0 Å². The van der Waals surface area contributed by atoms with Crippen LogP contribution in [0, 0.1) is 11.3 Å². The van der Waals surface area contributed by atoms with Crippen LogP contribution in [-0.4, -0.2) is 42.3 Å². The van der Waals surface area contributed by atoms with E-state index in [9.17, 15) is 14.4 Å². The van der Waals surface area contributed by atoms with Crippen molar-refractivity contribution in [3.63, 3.8) is 0 Å². The summed E-state index contributed by atoms with van der Waals surface area (Å²) >= 11 is 0. The number of piperazine rings is 1. The first-order valence-electron chi connectivity index (χ1n) is 6.43. The molecule has 0 aliphatic carbocycles. The molecular formula is C14H14N4O3. The van der Waals surface area contributed by atoms with E-state index in [1.54, 1.807) is 30.3 Å². The summed E-state index contributed by atoms with van der Waals surface area (Å²) in [6.45, 7) is 0.831. The van der Waals surface area contributed by atoms with Gasteiger partial charge in [0.25, 0.3) is 5.91 Å². The second-order valence-corrected chi connectivity index (χ2v) is 4.51. The maximum atomic E-state index is 12.4. The summed E-state index contributed by atoms with van der Waals surface area (Å²) in [4.78, 5) is 36.7. The van der Waals surface area contributed by atoms with Crippen molar-refractivity contribution in [1.82, 2.24) is 10.2 Å². The molecule has 2 N–H and O–H groups in total. The Labute approximate surface area is 121 Å². The molecule has 1 aromatic carbocycles. The molecule has 1 aliphatic rings. The molecule has 108 valence electrons. The summed E-state index contributed by atoms with van der Waals surface area (Å²) in [5.74, 6) is -1.01. The summed E-state index contributed by atoms with van der Waals surface area (Å²) in [5, 5.41) is 13.7. The predicted octanol–water partition coefficient (Wildman–Crippen LogP) is 0.111. The normalized spacial score (nSPS) is 14.0. The summed E-state index contributed by atoms with van der Waals surface area (Å²) in [6, 6.07) is 8.28. The maximum Gasteiger partial charge on any atom is 0.256 e. The van der Waals surface area contributed by atoms with Crippen molar-refractivity contribution in [1.29, 1.82) is 5.26 Å². The number of para-hydroxylation sites is 1. The number of anilines is 1. The van der Waals surface area contributed by atoms with Crippen LogP contribution in [0.25, 0.3) is 0 Å². The van der Waals surface area contributed by atoms with Gasteiger partial charge in [0.2, 0.25) is 11.8 Å². The molecule has 0 aromatic heterocycles. The minimum absolute atomic E-state index is 0.000685. The minimum Gasteiger partial charge on any atom is -0.353 e. The SMILES string of the molecule is N#CCC(=O)Nc1ccccc1C(=O)N1CCNC(=O)C1. The fraction of sp³-hybridized carbons (Fsp3) is 0.286. The molecule has 1 heterocycles. The first-order valence-corrected chi connectivity index (χ1v) is 6.43. The average Bonchev–Trinajstić information content (AvgIpc) is 2.47. The van der Waals surface area contributed by atoms with Crippen molar-refractivity contribution < 1.29 is 14.4 Å². The molecular weight excluding hydrogens is 272 g/mol. The Morgan fingerprint density at radius 2 is 2.14 bits per heavy atom. The maximum absolute atomic E-state index is 12.4. The van der Waals surface area contributed by atoms with E-state index in [0.29, 0.717) is 24.3 Å². The van der Waals surface area contributed by atoms with Crippen molar-refractivity contribution in [2.45, 2.75) is 6.42 Å². The summed E-state index contributed by atoms with van der Waals surface area (Å²) < 4.78 is 0. The van der Waals surface area contributed by atoms with Crippen molar-refractivity contribution in [3.05, 3.63) is 29.8 Å². The van der Waals surface area contributed by atoms with E-state index in [4.69, 9.17) is 5.26 Å². The summed E-state index contributed by atoms with van der Waals surface area (Å²) in [6.07, 6.45) is -0.283. The zero-order valence-electron chi connectivity index (χ0n) is 11.3. The van der Waals surface area contributed by atoms with E-state index in [1.165, 1.54) is 4.90 Å². The van der Waals surface area contributed by atoms with Gasteiger partial charge in [-0.1, -0.05) is 12.1 Å². The number of benzene rings is 1. The molecule has 7 nitrogen and oxygen atoms in total. The quantitative estimate of drug-likeness (QED) is 0.823. The molecule has 2 rings (SSSR count). The van der Waals surface area contributed by atoms with Gasteiger partial charge in [-0.2, -0.15) is 5.26 Å². The van der Waals surface area contributed by atoms with E-state index < -0.39 is 5.91 Å². The second kappa shape index (κ2) is 6.52. The van der Waals surface area contributed by atoms with Gasteiger partial charge in [0, 0.05) is 13.1 Å². The number of carbonyl (C=O) groups excluding carboxylic acids is 3. The molecule has 0 bridgehead atoms. The zero-order valence-corrected chi connectivity index (χ0v) is 11.3. The first kappa shape index (κ1) is 14.5. The third-order valence-electron chi connectivity index (χ3n) is 3.00. The topological polar surface area (TPSA) is 102 Å². The van der Waals surface area contributed by atoms with Crippen molar-refractivity contribution in [2.75, 3.05) is 25.0 Å². The smallest absolute Gasteiger partial charge is 0.256 e. The lowest BCUT2D eigenvalue weighted by molar-refractivity contribution is -0.123. The highest BCUT2D eigenvalue weighted by atomic mass is 16.2. The largest absolute Gasteiger partial charge is 0.353 e. The Morgan fingerprint density at radius 3 is 2.86 bits per heavy atom. The van der Waals surface area contributed by atoms with Crippen LogP contribution in [0.15, 0.2) is 24.3 Å². The predicted molar refractivity (Wildman–Crippen MR) is 74.2 cm³/mol. The number of amides is 3. The number of hydrogen-bond acceptors (Lipinski definition) is 4. The molecule has 3 amide bonds. The molecule has 1 aromatic rings. The number of nitriles is 1. The minimum atomic E-state index is -0.478. The number of nitrogens with one attached hydrogen (secondary N) is 2. The van der Waals surface area contributed by atoms with Crippen LogP contribution >= 0.6 is 0 Å². The molecule has 1 aliphatic heterocycles. The Hall–Kier alpha value is -2.88. The standard InChI is InChI=1S/C14H14N4O3/c15-6-5-12(19)17-11-4-2-1-3-10(11)14(21)18-8-7-16-13(20)9-18/h1-4H,5,7-9H2,(H,16,20)(H,17,19). The highest BCUT2D eigenvalue weighted by Crippen LogP contribution is 2.18. The van der Waals surface area contributed by atoms with E-state index in [1.807, 2.05) is 0 Å². The Balaban J connectivity index is 2.19. The van der Waals surface area contributed by atoms with Crippen LogP contribution < -0.4 is 10.6 Å². The highest BCUT2D eigenvalue weighted by Gasteiger charge is 2.24. The van der Waals surface area contributed by atoms with Crippen LogP contribution in [0.5, 0.6) is 0 Å². The Bertz CT molecular complexity index is 621. The third-order valence-corrected chi connectivity index (χ3v) is 3.00.